The molecule has 4 rings (SSSR count). The second kappa shape index (κ2) is 7.60. The van der Waals surface area contributed by atoms with E-state index in [9.17, 15) is 9.59 Å². The van der Waals surface area contributed by atoms with Gasteiger partial charge in [0.15, 0.2) is 0 Å². The number of carbonyl (C=O) groups excluding carboxylic acids is 2. The second-order valence-corrected chi connectivity index (χ2v) is 8.11. The van der Waals surface area contributed by atoms with E-state index in [1.165, 1.54) is 0 Å². The number of rotatable bonds is 3. The number of carbonyl (C=O) groups is 2. The smallest absolute Gasteiger partial charge is 0.273 e. The van der Waals surface area contributed by atoms with E-state index in [0.717, 1.165) is 10.9 Å². The molecule has 8 nitrogen and oxygen atoms in total. The van der Waals surface area contributed by atoms with Crippen molar-refractivity contribution < 1.29 is 9.59 Å². The van der Waals surface area contributed by atoms with Gasteiger partial charge in [-0.25, -0.2) is 9.97 Å². The number of aromatic amines is 1. The monoisotopic (exact) mass is 425 g/mol. The fourth-order valence-corrected chi connectivity index (χ4v) is 4.48. The lowest BCUT2D eigenvalue weighted by Crippen LogP contribution is -2.58. The molecule has 0 spiro atoms. The maximum absolute atomic E-state index is 12.0. The Morgan fingerprint density at radius 2 is 1.93 bits per heavy atom. The SMILES string of the molecule is CC(=O)N1[C@H](C)CN(c2nc(-c3c[nH]c4ncc(Cl)cc34)ccc2C([NH])=O)C[C@@H]1C. The summed E-state index contributed by atoms with van der Waals surface area (Å²) >= 11 is 6.12. The number of aromatic nitrogens is 3. The highest BCUT2D eigenvalue weighted by Crippen LogP contribution is 2.32. The van der Waals surface area contributed by atoms with E-state index < -0.39 is 5.91 Å². The van der Waals surface area contributed by atoms with Crippen molar-refractivity contribution in [1.82, 2.24) is 25.6 Å². The molecule has 9 heteroatoms. The molecule has 1 aliphatic rings. The van der Waals surface area contributed by atoms with Crippen molar-refractivity contribution in [1.29, 1.82) is 0 Å². The number of pyridine rings is 2. The van der Waals surface area contributed by atoms with E-state index in [2.05, 4.69) is 9.97 Å². The van der Waals surface area contributed by atoms with E-state index in [1.807, 2.05) is 29.7 Å². The Morgan fingerprint density at radius 3 is 2.57 bits per heavy atom. The highest BCUT2D eigenvalue weighted by Gasteiger charge is 2.33. The van der Waals surface area contributed by atoms with E-state index in [4.69, 9.17) is 22.3 Å². The number of nitrogens with zero attached hydrogens (tertiary/aromatic N) is 4. The van der Waals surface area contributed by atoms with Crippen molar-refractivity contribution in [3.05, 3.63) is 41.2 Å². The highest BCUT2D eigenvalue weighted by molar-refractivity contribution is 6.31. The third-order valence-electron chi connectivity index (χ3n) is 5.48. The van der Waals surface area contributed by atoms with Gasteiger partial charge in [0, 0.05) is 55.4 Å². The van der Waals surface area contributed by atoms with Crippen LogP contribution in [0.2, 0.25) is 5.02 Å². The first kappa shape index (κ1) is 20.2. The predicted octanol–water partition coefficient (Wildman–Crippen LogP) is 3.15. The van der Waals surface area contributed by atoms with Crippen LogP contribution in [0.5, 0.6) is 0 Å². The average Bonchev–Trinajstić information content (AvgIpc) is 3.09. The van der Waals surface area contributed by atoms with Gasteiger partial charge in [-0.2, -0.15) is 0 Å². The third kappa shape index (κ3) is 3.47. The van der Waals surface area contributed by atoms with Crippen molar-refractivity contribution >= 4 is 40.3 Å². The summed E-state index contributed by atoms with van der Waals surface area (Å²) in [6.45, 7) is 6.58. The number of piperazine rings is 1. The molecule has 0 aliphatic carbocycles. The number of amides is 2. The molecule has 1 saturated heterocycles. The van der Waals surface area contributed by atoms with Gasteiger partial charge in [0.2, 0.25) is 5.91 Å². The quantitative estimate of drug-likeness (QED) is 0.693. The lowest BCUT2D eigenvalue weighted by molar-refractivity contribution is -0.133. The topological polar surface area (TPSA) is 106 Å². The molecule has 0 saturated carbocycles. The minimum Gasteiger partial charge on any atom is -0.352 e. The Balaban J connectivity index is 1.78. The molecule has 2 atom stereocenters. The zero-order valence-electron chi connectivity index (χ0n) is 16.9. The van der Waals surface area contributed by atoms with Crippen LogP contribution in [0.25, 0.3) is 22.3 Å². The summed E-state index contributed by atoms with van der Waals surface area (Å²) in [7, 11) is 0. The summed E-state index contributed by atoms with van der Waals surface area (Å²) < 4.78 is 0. The van der Waals surface area contributed by atoms with E-state index >= 15 is 0 Å². The van der Waals surface area contributed by atoms with Gasteiger partial charge in [0.25, 0.3) is 5.91 Å². The predicted molar refractivity (Wildman–Crippen MR) is 115 cm³/mol. The molecule has 3 aromatic heterocycles. The van der Waals surface area contributed by atoms with Gasteiger partial charge < -0.3 is 14.8 Å². The number of halogens is 1. The summed E-state index contributed by atoms with van der Waals surface area (Å²) in [5.74, 6) is -0.308. The van der Waals surface area contributed by atoms with Crippen molar-refractivity contribution in [3.8, 4) is 11.3 Å². The van der Waals surface area contributed by atoms with Crippen LogP contribution < -0.4 is 10.6 Å². The summed E-state index contributed by atoms with van der Waals surface area (Å²) in [6, 6.07) is 5.10. The minimum atomic E-state index is -0.790. The Bertz CT molecular complexity index is 1130. The van der Waals surface area contributed by atoms with Crippen LogP contribution in [0.3, 0.4) is 0 Å². The Labute approximate surface area is 179 Å². The summed E-state index contributed by atoms with van der Waals surface area (Å²) in [5.41, 5.74) is 10.1. The van der Waals surface area contributed by atoms with Gasteiger partial charge in [-0.05, 0) is 32.0 Å². The lowest BCUT2D eigenvalue weighted by Gasteiger charge is -2.44. The zero-order chi connectivity index (χ0) is 21.6. The highest BCUT2D eigenvalue weighted by atomic mass is 35.5. The summed E-state index contributed by atoms with van der Waals surface area (Å²) in [6.07, 6.45) is 3.38. The zero-order valence-corrected chi connectivity index (χ0v) is 17.7. The Hall–Kier alpha value is -3.13. The largest absolute Gasteiger partial charge is 0.352 e. The lowest BCUT2D eigenvalue weighted by atomic mass is 10.1. The van der Waals surface area contributed by atoms with Crippen LogP contribution in [0.1, 0.15) is 31.1 Å². The van der Waals surface area contributed by atoms with Crippen LogP contribution in [0.15, 0.2) is 30.6 Å². The van der Waals surface area contributed by atoms with Crippen LogP contribution in [-0.4, -0.2) is 56.8 Å². The van der Waals surface area contributed by atoms with Crippen molar-refractivity contribution in [2.75, 3.05) is 18.0 Å². The van der Waals surface area contributed by atoms with E-state index in [1.54, 1.807) is 31.5 Å². The van der Waals surface area contributed by atoms with Crippen LogP contribution in [0, 0.1) is 0 Å². The van der Waals surface area contributed by atoms with Crippen molar-refractivity contribution in [2.45, 2.75) is 32.9 Å². The molecular weight excluding hydrogens is 404 g/mol. The van der Waals surface area contributed by atoms with Gasteiger partial charge in [0.1, 0.15) is 11.5 Å². The molecule has 4 heterocycles. The molecular formula is C21H22ClN6O2. The molecule has 3 aromatic rings. The number of anilines is 1. The maximum atomic E-state index is 12.0. The first-order valence-electron chi connectivity index (χ1n) is 9.70. The maximum Gasteiger partial charge on any atom is 0.273 e. The minimum absolute atomic E-state index is 0.0244. The van der Waals surface area contributed by atoms with Crippen LogP contribution >= 0.6 is 11.6 Å². The third-order valence-corrected chi connectivity index (χ3v) is 5.68. The van der Waals surface area contributed by atoms with Gasteiger partial charge >= 0.3 is 0 Å². The molecule has 0 unspecified atom stereocenters. The fourth-order valence-electron chi connectivity index (χ4n) is 4.32. The normalized spacial score (nSPS) is 19.3. The van der Waals surface area contributed by atoms with Gasteiger partial charge in [0.05, 0.1) is 16.3 Å². The van der Waals surface area contributed by atoms with E-state index in [0.29, 0.717) is 35.3 Å². The molecule has 0 bridgehead atoms. The van der Waals surface area contributed by atoms with Crippen molar-refractivity contribution in [2.24, 2.45) is 0 Å². The standard InChI is InChI=1S/C21H22ClN6O2/c1-11-9-27(10-12(2)28(11)13(3)29)21-15(19(23)30)4-5-18(26-21)17-8-25-20-16(17)6-14(22)7-24-20/h4-8,11-12,23H,9-10H2,1-3H3,(H,24,25)/t11-,12+. The Kier molecular flexibility index (Phi) is 5.11. The number of fused-ring (bicyclic) bond motifs is 1. The van der Waals surface area contributed by atoms with Gasteiger partial charge in [-0.1, -0.05) is 11.6 Å². The number of hydrogen-bond donors (Lipinski definition) is 1. The number of nitrogens with one attached hydrogen (secondary N) is 2. The van der Waals surface area contributed by atoms with E-state index in [-0.39, 0.29) is 23.6 Å². The number of H-pyrrole nitrogens is 1. The first-order chi connectivity index (χ1) is 14.3. The number of hydrogen-bond acceptors (Lipinski definition) is 5. The van der Waals surface area contributed by atoms with Crippen molar-refractivity contribution in [3.63, 3.8) is 0 Å². The average molecular weight is 426 g/mol. The molecule has 30 heavy (non-hydrogen) atoms. The van der Waals surface area contributed by atoms with Crippen LogP contribution in [-0.2, 0) is 4.79 Å². The summed E-state index contributed by atoms with van der Waals surface area (Å²) in [5, 5.41) is 1.35. The summed E-state index contributed by atoms with van der Waals surface area (Å²) in [4.78, 5) is 40.0. The van der Waals surface area contributed by atoms with Gasteiger partial charge in [-0.3, -0.25) is 15.3 Å². The second-order valence-electron chi connectivity index (χ2n) is 7.68. The van der Waals surface area contributed by atoms with Crippen LogP contribution in [0.4, 0.5) is 5.82 Å². The first-order valence-corrected chi connectivity index (χ1v) is 10.1. The molecule has 2 N–H and O–H groups in total. The molecule has 0 aromatic carbocycles. The van der Waals surface area contributed by atoms with Gasteiger partial charge in [-0.15, -0.1) is 0 Å². The molecule has 1 fully saturated rings. The molecule has 155 valence electrons. The molecule has 1 radical (unpaired) electrons. The fraction of sp³-hybridized carbons (Fsp3) is 0.333. The molecule has 1 aliphatic heterocycles. The molecule has 2 amide bonds. The Morgan fingerprint density at radius 1 is 1.23 bits per heavy atom.